The summed E-state index contributed by atoms with van der Waals surface area (Å²) in [7, 11) is 0. The zero-order chi connectivity index (χ0) is 9.26. The van der Waals surface area contributed by atoms with Crippen LogP contribution in [0.1, 0.15) is 12.5 Å². The summed E-state index contributed by atoms with van der Waals surface area (Å²) in [5.41, 5.74) is 5.73. The number of nitrogen functional groups attached to an aromatic ring is 1. The molecule has 0 radical (unpaired) electrons. The Bertz CT molecular complexity index is 416. The van der Waals surface area contributed by atoms with Crippen molar-refractivity contribution in [3.8, 4) is 0 Å². The smallest absolute Gasteiger partial charge is 0.215 e. The minimum absolute atomic E-state index is 0.600. The Hall–Kier alpha value is -1.55. The maximum Gasteiger partial charge on any atom is 0.215 e. The van der Waals surface area contributed by atoms with Crippen LogP contribution in [0.15, 0.2) is 18.2 Å². The number of aromatic nitrogens is 2. The number of aryl methyl sites for hydroxylation is 1. The lowest BCUT2D eigenvalue weighted by Crippen LogP contribution is -2.07. The van der Waals surface area contributed by atoms with Crippen LogP contribution in [-0.2, 0) is 6.42 Å². The van der Waals surface area contributed by atoms with Crippen molar-refractivity contribution in [2.75, 3.05) is 5.43 Å². The van der Waals surface area contributed by atoms with Gasteiger partial charge in [-0.25, -0.2) is 10.8 Å². The molecule has 68 valence electrons. The number of imidazole rings is 1. The van der Waals surface area contributed by atoms with Gasteiger partial charge in [0.2, 0.25) is 5.95 Å². The Morgan fingerprint density at radius 2 is 2.38 bits per heavy atom. The number of nitrogens with zero attached hydrogens (tertiary/aromatic N) is 1. The summed E-state index contributed by atoms with van der Waals surface area (Å²) >= 11 is 0. The summed E-state index contributed by atoms with van der Waals surface area (Å²) in [6.07, 6.45) is 1.03. The van der Waals surface area contributed by atoms with E-state index in [9.17, 15) is 0 Å². The maximum atomic E-state index is 5.24. The van der Waals surface area contributed by atoms with Crippen molar-refractivity contribution < 1.29 is 0 Å². The zero-order valence-corrected chi connectivity index (χ0v) is 7.46. The van der Waals surface area contributed by atoms with E-state index in [1.165, 1.54) is 5.56 Å². The van der Waals surface area contributed by atoms with E-state index in [0.29, 0.717) is 5.95 Å². The van der Waals surface area contributed by atoms with Crippen molar-refractivity contribution in [3.63, 3.8) is 0 Å². The Kier molecular flexibility index (Phi) is 1.90. The quantitative estimate of drug-likeness (QED) is 0.478. The molecule has 0 saturated heterocycles. The number of aromatic amines is 1. The predicted octanol–water partition coefficient (Wildman–Crippen LogP) is 1.41. The van der Waals surface area contributed by atoms with Crippen LogP contribution in [0.3, 0.4) is 0 Å². The van der Waals surface area contributed by atoms with Crippen molar-refractivity contribution in [2.24, 2.45) is 5.84 Å². The van der Waals surface area contributed by atoms with Crippen LogP contribution in [0.5, 0.6) is 0 Å². The fourth-order valence-electron chi connectivity index (χ4n) is 1.35. The van der Waals surface area contributed by atoms with E-state index in [0.717, 1.165) is 17.5 Å². The van der Waals surface area contributed by atoms with Crippen molar-refractivity contribution >= 4 is 17.0 Å². The van der Waals surface area contributed by atoms with E-state index in [4.69, 9.17) is 5.84 Å². The maximum absolute atomic E-state index is 5.24. The number of anilines is 1. The molecule has 4 N–H and O–H groups in total. The SMILES string of the molecule is CCc1ccc2nc(NN)[nH]c2c1. The minimum atomic E-state index is 0.600. The number of benzene rings is 1. The predicted molar refractivity (Wildman–Crippen MR) is 53.3 cm³/mol. The van der Waals surface area contributed by atoms with E-state index in [-0.39, 0.29) is 0 Å². The summed E-state index contributed by atoms with van der Waals surface area (Å²) in [4.78, 5) is 7.29. The molecule has 2 rings (SSSR count). The molecule has 0 fully saturated rings. The number of fused-ring (bicyclic) bond motifs is 1. The molecule has 1 aromatic heterocycles. The van der Waals surface area contributed by atoms with Crippen LogP contribution in [0.2, 0.25) is 0 Å². The van der Waals surface area contributed by atoms with Gasteiger partial charge in [0.25, 0.3) is 0 Å². The van der Waals surface area contributed by atoms with Crippen LogP contribution in [0, 0.1) is 0 Å². The Labute approximate surface area is 76.1 Å². The number of hydrazine groups is 1. The lowest BCUT2D eigenvalue weighted by atomic mass is 10.1. The molecule has 13 heavy (non-hydrogen) atoms. The van der Waals surface area contributed by atoms with Gasteiger partial charge in [-0.15, -0.1) is 0 Å². The van der Waals surface area contributed by atoms with Crippen LogP contribution < -0.4 is 11.3 Å². The van der Waals surface area contributed by atoms with E-state index < -0.39 is 0 Å². The van der Waals surface area contributed by atoms with Crippen molar-refractivity contribution in [1.82, 2.24) is 9.97 Å². The minimum Gasteiger partial charge on any atom is -0.323 e. The topological polar surface area (TPSA) is 66.7 Å². The molecule has 0 bridgehead atoms. The molecule has 0 unspecified atom stereocenters. The summed E-state index contributed by atoms with van der Waals surface area (Å²) in [6, 6.07) is 6.15. The molecule has 0 saturated carbocycles. The van der Waals surface area contributed by atoms with Gasteiger partial charge in [-0.1, -0.05) is 13.0 Å². The standard InChI is InChI=1S/C9H12N4/c1-2-6-3-4-7-8(5-6)12-9(11-7)13-10/h3-5H,2,10H2,1H3,(H2,11,12,13). The van der Waals surface area contributed by atoms with Gasteiger partial charge in [-0.2, -0.15) is 0 Å². The van der Waals surface area contributed by atoms with Crippen LogP contribution in [0.4, 0.5) is 5.95 Å². The molecule has 1 aromatic carbocycles. The lowest BCUT2D eigenvalue weighted by Gasteiger charge is -1.93. The third-order valence-electron chi connectivity index (χ3n) is 2.09. The van der Waals surface area contributed by atoms with Crippen LogP contribution >= 0.6 is 0 Å². The number of nitrogens with one attached hydrogen (secondary N) is 2. The summed E-state index contributed by atoms with van der Waals surface area (Å²) < 4.78 is 0. The fraction of sp³-hybridized carbons (Fsp3) is 0.222. The van der Waals surface area contributed by atoms with E-state index in [2.05, 4.69) is 34.5 Å². The first-order chi connectivity index (χ1) is 6.33. The molecule has 4 heteroatoms. The summed E-state index contributed by atoms with van der Waals surface area (Å²) in [6.45, 7) is 2.12. The molecule has 0 spiro atoms. The van der Waals surface area contributed by atoms with E-state index in [1.54, 1.807) is 0 Å². The highest BCUT2D eigenvalue weighted by Gasteiger charge is 2.00. The first kappa shape index (κ1) is 8.07. The average Bonchev–Trinajstić information content (AvgIpc) is 2.58. The van der Waals surface area contributed by atoms with Gasteiger partial charge in [0.1, 0.15) is 0 Å². The highest BCUT2D eigenvalue weighted by atomic mass is 15.3. The molecule has 0 amide bonds. The van der Waals surface area contributed by atoms with Crippen molar-refractivity contribution in [3.05, 3.63) is 23.8 Å². The molecule has 0 aliphatic carbocycles. The van der Waals surface area contributed by atoms with E-state index in [1.807, 2.05) is 6.07 Å². The van der Waals surface area contributed by atoms with Crippen LogP contribution in [-0.4, -0.2) is 9.97 Å². The Morgan fingerprint density at radius 1 is 1.54 bits per heavy atom. The molecule has 0 aliphatic heterocycles. The normalized spacial score (nSPS) is 10.6. The number of H-pyrrole nitrogens is 1. The number of hydrogen-bond acceptors (Lipinski definition) is 3. The summed E-state index contributed by atoms with van der Waals surface area (Å²) in [5.74, 6) is 5.84. The molecule has 0 aliphatic rings. The molecule has 0 atom stereocenters. The first-order valence-electron chi connectivity index (χ1n) is 4.28. The van der Waals surface area contributed by atoms with Gasteiger partial charge in [-0.05, 0) is 24.1 Å². The van der Waals surface area contributed by atoms with Gasteiger partial charge >= 0.3 is 0 Å². The summed E-state index contributed by atoms with van der Waals surface area (Å²) in [5, 5.41) is 0. The largest absolute Gasteiger partial charge is 0.323 e. The molecule has 4 nitrogen and oxygen atoms in total. The second-order valence-electron chi connectivity index (χ2n) is 2.93. The zero-order valence-electron chi connectivity index (χ0n) is 7.46. The first-order valence-corrected chi connectivity index (χ1v) is 4.28. The monoisotopic (exact) mass is 176 g/mol. The third kappa shape index (κ3) is 1.36. The fourth-order valence-corrected chi connectivity index (χ4v) is 1.35. The van der Waals surface area contributed by atoms with Gasteiger partial charge < -0.3 is 4.98 Å². The van der Waals surface area contributed by atoms with Crippen LogP contribution in [0.25, 0.3) is 11.0 Å². The molecular formula is C9H12N4. The molecule has 2 aromatic rings. The molecule has 1 heterocycles. The number of hydrogen-bond donors (Lipinski definition) is 3. The second-order valence-corrected chi connectivity index (χ2v) is 2.93. The number of rotatable bonds is 2. The average molecular weight is 176 g/mol. The van der Waals surface area contributed by atoms with Gasteiger partial charge in [0, 0.05) is 0 Å². The highest BCUT2D eigenvalue weighted by Crippen LogP contribution is 2.15. The lowest BCUT2D eigenvalue weighted by molar-refractivity contribution is 1.14. The Morgan fingerprint density at radius 3 is 3.08 bits per heavy atom. The second kappa shape index (κ2) is 3.06. The van der Waals surface area contributed by atoms with Gasteiger partial charge in [0.15, 0.2) is 0 Å². The van der Waals surface area contributed by atoms with Gasteiger partial charge in [0.05, 0.1) is 11.0 Å². The highest BCUT2D eigenvalue weighted by molar-refractivity contribution is 5.78. The van der Waals surface area contributed by atoms with Gasteiger partial charge in [-0.3, -0.25) is 5.43 Å². The number of nitrogens with two attached hydrogens (primary N) is 1. The van der Waals surface area contributed by atoms with E-state index >= 15 is 0 Å². The third-order valence-corrected chi connectivity index (χ3v) is 2.09. The van der Waals surface area contributed by atoms with Crippen molar-refractivity contribution in [1.29, 1.82) is 0 Å². The Balaban J connectivity index is 2.57. The molecular weight excluding hydrogens is 164 g/mol. The van der Waals surface area contributed by atoms with Crippen molar-refractivity contribution in [2.45, 2.75) is 13.3 Å².